The van der Waals surface area contributed by atoms with Gasteiger partial charge in [0.15, 0.2) is 0 Å². The van der Waals surface area contributed by atoms with Crippen molar-refractivity contribution in [3.63, 3.8) is 0 Å². The lowest BCUT2D eigenvalue weighted by atomic mass is 9.77. The zero-order chi connectivity index (χ0) is 49.9. The van der Waals surface area contributed by atoms with Gasteiger partial charge in [-0.2, -0.15) is 0 Å². The summed E-state index contributed by atoms with van der Waals surface area (Å²) in [4.78, 5) is 14.3. The molecular formula is C60H53N3O. The van der Waals surface area contributed by atoms with Crippen molar-refractivity contribution in [2.75, 3.05) is 0 Å². The Morgan fingerprint density at radius 1 is 0.500 bits per heavy atom. The summed E-state index contributed by atoms with van der Waals surface area (Å²) in [5.41, 5.74) is 7.83. The van der Waals surface area contributed by atoms with Crippen molar-refractivity contribution in [3.05, 3.63) is 221 Å². The first kappa shape index (κ1) is 33.4. The van der Waals surface area contributed by atoms with Crippen LogP contribution in [0.4, 0.5) is 0 Å². The third-order valence-corrected chi connectivity index (χ3v) is 12.5. The second-order valence-corrected chi connectivity index (χ2v) is 18.1. The molecule has 314 valence electrons. The molecule has 0 N–H and O–H groups in total. The molecule has 4 heteroatoms. The minimum Gasteiger partial charge on any atom is -0.455 e. The fraction of sp³-hybridized carbons (Fsp3) is 0.183. The first-order valence-electron chi connectivity index (χ1n) is 25.3. The van der Waals surface area contributed by atoms with E-state index in [4.69, 9.17) is 23.5 Å². The lowest BCUT2D eigenvalue weighted by Gasteiger charge is -2.28. The summed E-state index contributed by atoms with van der Waals surface area (Å²) in [7, 11) is 0. The maximum absolute atomic E-state index is 9.80. The van der Waals surface area contributed by atoms with Crippen LogP contribution >= 0.6 is 0 Å². The van der Waals surface area contributed by atoms with Gasteiger partial charge in [0.1, 0.15) is 11.2 Å². The molecule has 0 fully saturated rings. The summed E-state index contributed by atoms with van der Waals surface area (Å²) in [5, 5.41) is 3.81. The average molecular weight is 839 g/mol. The Labute approximate surface area is 386 Å². The number of aromatic nitrogens is 3. The number of aryl methyl sites for hydroxylation is 3. The number of hydrogen-bond donors (Lipinski definition) is 0. The molecule has 10 rings (SSSR count). The van der Waals surface area contributed by atoms with Crippen LogP contribution in [0.3, 0.4) is 0 Å². The number of pyridine rings is 3. The van der Waals surface area contributed by atoms with E-state index in [1.807, 2.05) is 128 Å². The van der Waals surface area contributed by atoms with Gasteiger partial charge in [0.2, 0.25) is 0 Å². The van der Waals surface area contributed by atoms with Crippen molar-refractivity contribution in [2.45, 2.75) is 71.0 Å². The first-order chi connectivity index (χ1) is 33.8. The van der Waals surface area contributed by atoms with E-state index in [1.165, 1.54) is 12.3 Å². The van der Waals surface area contributed by atoms with Crippen LogP contribution in [0.15, 0.2) is 187 Å². The molecule has 4 nitrogen and oxygen atoms in total. The third kappa shape index (κ3) is 8.36. The quantitative estimate of drug-likeness (QED) is 0.123. The molecule has 4 heterocycles. The van der Waals surface area contributed by atoms with Gasteiger partial charge in [-0.15, -0.1) is 0 Å². The van der Waals surface area contributed by atoms with Crippen LogP contribution in [0.1, 0.15) is 76.2 Å². The second kappa shape index (κ2) is 16.8. The molecule has 0 unspecified atom stereocenters. The normalized spacial score (nSPS) is 14.3. The molecule has 0 saturated heterocycles. The van der Waals surface area contributed by atoms with Gasteiger partial charge in [0.05, 0.1) is 17.1 Å². The van der Waals surface area contributed by atoms with Crippen molar-refractivity contribution >= 4 is 32.7 Å². The van der Waals surface area contributed by atoms with Crippen LogP contribution in [-0.2, 0) is 36.4 Å². The highest BCUT2D eigenvalue weighted by Crippen LogP contribution is 2.38. The maximum atomic E-state index is 9.80. The van der Waals surface area contributed by atoms with Gasteiger partial charge in [0, 0.05) is 55.6 Å². The molecule has 64 heavy (non-hydrogen) atoms. The highest BCUT2D eigenvalue weighted by molar-refractivity contribution is 6.13. The Balaban J connectivity index is 1.04. The molecule has 0 saturated carbocycles. The van der Waals surface area contributed by atoms with Crippen molar-refractivity contribution < 1.29 is 14.0 Å². The predicted octanol–water partition coefficient (Wildman–Crippen LogP) is 15.1. The van der Waals surface area contributed by atoms with E-state index in [1.54, 1.807) is 18.2 Å². The standard InChI is InChI=1S/C60H53N3O/c1-40-29-56(52-22-14-21-51-53-33-46-19-12-13-20-47(46)34-57(53)64-58(51)52)61-37-48(40)24-23-41-30-42(35-59(2,3)49-25-27-54(62-38-49)44-15-8-6-9-16-44)32-43(31-41)36-60(4,5)50-26-28-55(63-39-50)45-17-10-7-11-18-45/h6-22,25-34,37-39H,23-24,35-36H2,1-5H3/i1D3,23D2,24D2. The molecule has 0 bridgehead atoms. The number of nitrogens with zero attached hydrogens (tertiary/aromatic N) is 3. The number of benzene rings is 6. The molecule has 10 aromatic rings. The van der Waals surface area contributed by atoms with Crippen LogP contribution in [0.25, 0.3) is 66.5 Å². The third-order valence-electron chi connectivity index (χ3n) is 12.5. The minimum atomic E-state index is -2.87. The molecule has 4 aromatic heterocycles. The highest BCUT2D eigenvalue weighted by Gasteiger charge is 2.26. The van der Waals surface area contributed by atoms with Crippen molar-refractivity contribution in [1.29, 1.82) is 0 Å². The number of fused-ring (bicyclic) bond motifs is 4. The Morgan fingerprint density at radius 3 is 1.64 bits per heavy atom. The number of hydrogen-bond acceptors (Lipinski definition) is 4. The van der Waals surface area contributed by atoms with Crippen molar-refractivity contribution in [2.24, 2.45) is 0 Å². The first-order valence-corrected chi connectivity index (χ1v) is 21.8. The molecule has 0 aliphatic carbocycles. The molecular weight excluding hydrogens is 779 g/mol. The largest absolute Gasteiger partial charge is 0.455 e. The Bertz CT molecular complexity index is 3450. The lowest BCUT2D eigenvalue weighted by Crippen LogP contribution is -2.23. The summed E-state index contributed by atoms with van der Waals surface area (Å²) < 4.78 is 71.6. The Morgan fingerprint density at radius 2 is 1.06 bits per heavy atom. The van der Waals surface area contributed by atoms with Gasteiger partial charge >= 0.3 is 0 Å². The minimum absolute atomic E-state index is 0.0942. The molecule has 0 atom stereocenters. The fourth-order valence-corrected chi connectivity index (χ4v) is 8.94. The second-order valence-electron chi connectivity index (χ2n) is 18.1. The summed E-state index contributed by atoms with van der Waals surface area (Å²) in [6.45, 7) is 5.67. The highest BCUT2D eigenvalue weighted by atomic mass is 16.3. The van der Waals surface area contributed by atoms with E-state index in [0.29, 0.717) is 29.6 Å². The fourth-order valence-electron chi connectivity index (χ4n) is 8.94. The van der Waals surface area contributed by atoms with Gasteiger partial charge in [-0.1, -0.05) is 155 Å². The molecule has 0 amide bonds. The van der Waals surface area contributed by atoms with Gasteiger partial charge in [-0.25, -0.2) is 0 Å². The van der Waals surface area contributed by atoms with Crippen LogP contribution in [0, 0.1) is 6.85 Å². The topological polar surface area (TPSA) is 51.8 Å². The predicted molar refractivity (Wildman–Crippen MR) is 266 cm³/mol. The number of rotatable bonds is 12. The van der Waals surface area contributed by atoms with E-state index in [2.05, 4.69) is 52.0 Å². The molecule has 0 aliphatic heterocycles. The van der Waals surface area contributed by atoms with Gasteiger partial charge in [-0.3, -0.25) is 15.0 Å². The van der Waals surface area contributed by atoms with E-state index in [-0.39, 0.29) is 22.4 Å². The molecule has 0 spiro atoms. The maximum Gasteiger partial charge on any atom is 0.144 e. The average Bonchev–Trinajstić information content (AvgIpc) is 3.73. The SMILES string of the molecule is [2H]C([2H])([2H])c1cc(-c2cccc3c2oc2cc4ccccc4cc23)ncc1C([2H])([2H])C([2H])([2H])c1cc(CC(C)(C)c2ccc(-c3ccccc3)nc2)cc(CC(C)(C)c2ccc(-c3ccccc3)nc2)c1. The zero-order valence-electron chi connectivity index (χ0n) is 43.5. The number of furan rings is 1. The van der Waals surface area contributed by atoms with Crippen molar-refractivity contribution in [3.8, 4) is 33.8 Å². The number of para-hydroxylation sites is 1. The zero-order valence-corrected chi connectivity index (χ0v) is 36.5. The van der Waals surface area contributed by atoms with Gasteiger partial charge in [-0.05, 0) is 129 Å². The monoisotopic (exact) mass is 838 g/mol. The molecule has 6 aromatic carbocycles. The van der Waals surface area contributed by atoms with Crippen LogP contribution in [-0.4, -0.2) is 15.0 Å². The van der Waals surface area contributed by atoms with Crippen LogP contribution < -0.4 is 0 Å². The molecule has 0 aliphatic rings. The van der Waals surface area contributed by atoms with E-state index in [9.17, 15) is 5.48 Å². The van der Waals surface area contributed by atoms with Gasteiger partial charge < -0.3 is 4.42 Å². The summed E-state index contributed by atoms with van der Waals surface area (Å²) in [5.74, 6) is 0. The van der Waals surface area contributed by atoms with E-state index < -0.39 is 30.4 Å². The summed E-state index contributed by atoms with van der Waals surface area (Å²) in [6.07, 6.45) is 0.324. The van der Waals surface area contributed by atoms with Crippen molar-refractivity contribution in [1.82, 2.24) is 15.0 Å². The summed E-state index contributed by atoms with van der Waals surface area (Å²) >= 11 is 0. The smallest absolute Gasteiger partial charge is 0.144 e. The van der Waals surface area contributed by atoms with Gasteiger partial charge in [0.25, 0.3) is 0 Å². The Hall–Kier alpha value is -7.17. The molecule has 0 radical (unpaired) electrons. The lowest BCUT2D eigenvalue weighted by molar-refractivity contribution is 0.512. The Kier molecular flexibility index (Phi) is 8.79. The van der Waals surface area contributed by atoms with E-state index in [0.717, 1.165) is 66.3 Å². The van der Waals surface area contributed by atoms with Crippen LogP contribution in [0.5, 0.6) is 0 Å². The van der Waals surface area contributed by atoms with Crippen LogP contribution in [0.2, 0.25) is 0 Å². The van der Waals surface area contributed by atoms with E-state index >= 15 is 0 Å². The summed E-state index contributed by atoms with van der Waals surface area (Å²) in [6, 6.07) is 52.8.